The molecule has 1 heterocycles. The second-order valence-corrected chi connectivity index (χ2v) is 9.83. The third-order valence-electron chi connectivity index (χ3n) is 5.22. The maximum absolute atomic E-state index is 13.3. The van der Waals surface area contributed by atoms with Gasteiger partial charge in [-0.1, -0.05) is 60.9 Å². The Bertz CT molecular complexity index is 1130. The van der Waals surface area contributed by atoms with E-state index in [1.807, 2.05) is 38.1 Å². The number of Topliss-reactive ketones (excluding diaryl/α,β-unsaturated/α-hetero) is 2. The fourth-order valence-corrected chi connectivity index (χ4v) is 5.31. The van der Waals surface area contributed by atoms with E-state index in [1.54, 1.807) is 6.07 Å². The maximum atomic E-state index is 13.3. The highest BCUT2D eigenvalue weighted by Crippen LogP contribution is 2.50. The van der Waals surface area contributed by atoms with Crippen molar-refractivity contribution in [2.45, 2.75) is 25.2 Å². The number of hydrogen-bond acceptors (Lipinski definition) is 5. The number of fused-ring (bicyclic) bond motifs is 1. The molecule has 1 aliphatic heterocycles. The van der Waals surface area contributed by atoms with Crippen LogP contribution >= 0.6 is 35.0 Å². The lowest BCUT2D eigenvalue weighted by Crippen LogP contribution is -2.46. The Morgan fingerprint density at radius 2 is 1.90 bits per heavy atom. The molecule has 0 radical (unpaired) electrons. The summed E-state index contributed by atoms with van der Waals surface area (Å²) in [5.74, 6) is -3.07. The summed E-state index contributed by atoms with van der Waals surface area (Å²) in [5.41, 5.74) is 1.26. The van der Waals surface area contributed by atoms with Gasteiger partial charge in [0.1, 0.15) is 0 Å². The van der Waals surface area contributed by atoms with Gasteiger partial charge in [-0.05, 0) is 42.2 Å². The first kappa shape index (κ1) is 21.0. The molecule has 2 aromatic rings. The first-order chi connectivity index (χ1) is 14.2. The molecule has 1 amide bonds. The fraction of sp³-hybridized carbons (Fsp3) is 0.227. The number of carbonyl (C=O) groups is 3. The minimum absolute atomic E-state index is 0.214. The number of nitrogens with one attached hydrogen (secondary N) is 2. The van der Waals surface area contributed by atoms with Crippen molar-refractivity contribution in [2.75, 3.05) is 10.6 Å². The molecule has 8 heteroatoms. The lowest BCUT2D eigenvalue weighted by atomic mass is 9.67. The van der Waals surface area contributed by atoms with E-state index in [0.717, 1.165) is 16.3 Å². The van der Waals surface area contributed by atoms with E-state index in [0.29, 0.717) is 16.3 Å². The maximum Gasteiger partial charge on any atom is 0.292 e. The van der Waals surface area contributed by atoms with Crippen molar-refractivity contribution in [3.05, 3.63) is 63.1 Å². The molecule has 0 aromatic heterocycles. The van der Waals surface area contributed by atoms with Crippen LogP contribution in [0.5, 0.6) is 0 Å². The highest BCUT2D eigenvalue weighted by atomic mass is 35.5. The fourth-order valence-electron chi connectivity index (χ4n) is 3.80. The molecule has 0 saturated heterocycles. The lowest BCUT2D eigenvalue weighted by molar-refractivity contribution is -0.144. The van der Waals surface area contributed by atoms with Gasteiger partial charge in [-0.2, -0.15) is 0 Å². The number of para-hydroxylation sites is 1. The number of benzene rings is 2. The second kappa shape index (κ2) is 7.76. The molecule has 0 bridgehead atoms. The van der Waals surface area contributed by atoms with Crippen LogP contribution in [0.25, 0.3) is 0 Å². The first-order valence-electron chi connectivity index (χ1n) is 9.29. The Hall–Kier alpha value is -2.28. The standard InChI is InChI=1S/C22H18Cl2N2O3S/c1-22(2)10-15-20(30-16-6-4-3-5-14(16)25-15)18(27)17(22)19(28)21(29)26-13-8-7-11(23)9-12(13)24/h3-9,17,25H,10H2,1-2H3,(H,26,29)/t17-/m0/s1. The molecular formula is C22H18Cl2N2O3S. The average Bonchev–Trinajstić information content (AvgIpc) is 2.68. The van der Waals surface area contributed by atoms with Gasteiger partial charge in [-0.25, -0.2) is 0 Å². The summed E-state index contributed by atoms with van der Waals surface area (Å²) in [4.78, 5) is 40.5. The SMILES string of the molecule is CC1(C)CC2=C(Sc3ccccc3N2)C(=O)[C@H]1C(=O)C(=O)Nc1ccc(Cl)cc1Cl. The van der Waals surface area contributed by atoms with Crippen LogP contribution in [0.1, 0.15) is 20.3 Å². The topological polar surface area (TPSA) is 75.3 Å². The number of anilines is 2. The molecule has 0 fully saturated rings. The first-order valence-corrected chi connectivity index (χ1v) is 10.9. The summed E-state index contributed by atoms with van der Waals surface area (Å²) in [6, 6.07) is 12.2. The van der Waals surface area contributed by atoms with Crippen molar-refractivity contribution >= 4 is 63.8 Å². The van der Waals surface area contributed by atoms with E-state index >= 15 is 0 Å². The van der Waals surface area contributed by atoms with E-state index in [1.165, 1.54) is 23.9 Å². The van der Waals surface area contributed by atoms with Crippen LogP contribution in [0.4, 0.5) is 11.4 Å². The van der Waals surface area contributed by atoms with Gasteiger partial charge in [-0.15, -0.1) is 0 Å². The Kier molecular flexibility index (Phi) is 5.43. The molecule has 2 aliphatic rings. The molecule has 4 rings (SSSR count). The van der Waals surface area contributed by atoms with Crippen LogP contribution in [0, 0.1) is 11.3 Å². The Labute approximate surface area is 188 Å². The van der Waals surface area contributed by atoms with Crippen LogP contribution < -0.4 is 10.6 Å². The summed E-state index contributed by atoms with van der Waals surface area (Å²) in [6.07, 6.45) is 0.473. The average molecular weight is 461 g/mol. The largest absolute Gasteiger partial charge is 0.357 e. The van der Waals surface area contributed by atoms with Crippen LogP contribution in [0.3, 0.4) is 0 Å². The Morgan fingerprint density at radius 1 is 1.17 bits per heavy atom. The van der Waals surface area contributed by atoms with Crippen LogP contribution in [0.15, 0.2) is 58.0 Å². The minimum atomic E-state index is -1.08. The van der Waals surface area contributed by atoms with E-state index in [9.17, 15) is 14.4 Å². The number of carbonyl (C=O) groups excluding carboxylic acids is 3. The predicted octanol–water partition coefficient (Wildman–Crippen LogP) is 5.55. The zero-order valence-electron chi connectivity index (χ0n) is 16.2. The van der Waals surface area contributed by atoms with Gasteiger partial charge >= 0.3 is 0 Å². The molecular weight excluding hydrogens is 443 g/mol. The molecule has 30 heavy (non-hydrogen) atoms. The zero-order valence-corrected chi connectivity index (χ0v) is 18.5. The molecule has 0 saturated carbocycles. The number of hydrogen-bond donors (Lipinski definition) is 2. The zero-order chi connectivity index (χ0) is 21.6. The summed E-state index contributed by atoms with van der Waals surface area (Å²) >= 11 is 13.3. The van der Waals surface area contributed by atoms with Crippen molar-refractivity contribution in [2.24, 2.45) is 11.3 Å². The molecule has 0 spiro atoms. The van der Waals surface area contributed by atoms with E-state index in [2.05, 4.69) is 10.6 Å². The van der Waals surface area contributed by atoms with Gasteiger partial charge in [0.2, 0.25) is 5.78 Å². The van der Waals surface area contributed by atoms with E-state index in [4.69, 9.17) is 23.2 Å². The van der Waals surface area contributed by atoms with Crippen LogP contribution in [-0.4, -0.2) is 17.5 Å². The van der Waals surface area contributed by atoms with Gasteiger partial charge in [0.25, 0.3) is 5.91 Å². The second-order valence-electron chi connectivity index (χ2n) is 7.94. The highest BCUT2D eigenvalue weighted by molar-refractivity contribution is 8.04. The van der Waals surface area contributed by atoms with E-state index < -0.39 is 23.0 Å². The number of thioether (sulfide) groups is 1. The van der Waals surface area contributed by atoms with Crippen molar-refractivity contribution in [1.29, 1.82) is 0 Å². The number of ketones is 2. The summed E-state index contributed by atoms with van der Waals surface area (Å²) in [6.45, 7) is 3.65. The Balaban J connectivity index is 1.61. The molecule has 1 atom stereocenters. The highest BCUT2D eigenvalue weighted by Gasteiger charge is 2.49. The molecule has 2 aromatic carbocycles. The Morgan fingerprint density at radius 3 is 2.63 bits per heavy atom. The van der Waals surface area contributed by atoms with Crippen LogP contribution in [0.2, 0.25) is 10.0 Å². The summed E-state index contributed by atoms with van der Waals surface area (Å²) in [5, 5.41) is 6.46. The molecule has 5 nitrogen and oxygen atoms in total. The molecule has 2 N–H and O–H groups in total. The smallest absolute Gasteiger partial charge is 0.292 e. The molecule has 1 aliphatic carbocycles. The van der Waals surface area contributed by atoms with Gasteiger partial charge in [0.15, 0.2) is 5.78 Å². The number of allylic oxidation sites excluding steroid dienone is 2. The number of amides is 1. The van der Waals surface area contributed by atoms with E-state index in [-0.39, 0.29) is 16.5 Å². The molecule has 0 unspecified atom stereocenters. The summed E-state index contributed by atoms with van der Waals surface area (Å²) < 4.78 is 0. The lowest BCUT2D eigenvalue weighted by Gasteiger charge is -2.40. The number of rotatable bonds is 3. The number of halogens is 2. The monoisotopic (exact) mass is 460 g/mol. The van der Waals surface area contributed by atoms with Crippen molar-refractivity contribution in [1.82, 2.24) is 0 Å². The molecule has 154 valence electrons. The van der Waals surface area contributed by atoms with Gasteiger partial charge in [-0.3, -0.25) is 14.4 Å². The van der Waals surface area contributed by atoms with Gasteiger partial charge in [0, 0.05) is 15.6 Å². The predicted molar refractivity (Wildman–Crippen MR) is 120 cm³/mol. The van der Waals surface area contributed by atoms with Crippen molar-refractivity contribution < 1.29 is 14.4 Å². The van der Waals surface area contributed by atoms with Gasteiger partial charge in [0.05, 0.1) is 27.2 Å². The van der Waals surface area contributed by atoms with Crippen molar-refractivity contribution in [3.63, 3.8) is 0 Å². The summed E-state index contributed by atoms with van der Waals surface area (Å²) in [7, 11) is 0. The van der Waals surface area contributed by atoms with Crippen molar-refractivity contribution in [3.8, 4) is 0 Å². The third-order valence-corrected chi connectivity index (χ3v) is 7.00. The van der Waals surface area contributed by atoms with Gasteiger partial charge < -0.3 is 10.6 Å². The third kappa shape index (κ3) is 3.75. The minimum Gasteiger partial charge on any atom is -0.357 e. The normalized spacial score (nSPS) is 19.5. The quantitative estimate of drug-likeness (QED) is 0.464. The van der Waals surface area contributed by atoms with Crippen LogP contribution in [-0.2, 0) is 14.4 Å².